The standard InChI is InChI=1S/C15H18ClN3O3/c1-3-10-8-11(22-19-10)9-17-15(20)18-13-7-5-6-12(16)14(13)21-4-2/h5-8H,3-4,9H2,1-2H3,(H2,17,18,20). The molecule has 2 rings (SSSR count). The number of para-hydroxylation sites is 1. The van der Waals surface area contributed by atoms with Crippen LogP contribution in [0.25, 0.3) is 0 Å². The van der Waals surface area contributed by atoms with E-state index in [1.165, 1.54) is 0 Å². The van der Waals surface area contributed by atoms with Crippen molar-refractivity contribution in [3.05, 3.63) is 40.7 Å². The van der Waals surface area contributed by atoms with Gasteiger partial charge in [-0.3, -0.25) is 0 Å². The predicted octanol–water partition coefficient (Wildman–Crippen LogP) is 3.61. The van der Waals surface area contributed by atoms with Gasteiger partial charge in [0.25, 0.3) is 0 Å². The van der Waals surface area contributed by atoms with Gasteiger partial charge in [0.2, 0.25) is 0 Å². The fourth-order valence-corrected chi connectivity index (χ4v) is 2.07. The van der Waals surface area contributed by atoms with Gasteiger partial charge in [0.1, 0.15) is 0 Å². The Hall–Kier alpha value is -2.21. The monoisotopic (exact) mass is 323 g/mol. The molecule has 7 heteroatoms. The Morgan fingerprint density at radius 2 is 2.23 bits per heavy atom. The number of hydrogen-bond donors (Lipinski definition) is 2. The lowest BCUT2D eigenvalue weighted by atomic mass is 10.3. The Kier molecular flexibility index (Phi) is 5.66. The van der Waals surface area contributed by atoms with Crippen molar-refractivity contribution < 1.29 is 14.1 Å². The van der Waals surface area contributed by atoms with E-state index in [0.29, 0.717) is 28.8 Å². The molecule has 0 aliphatic heterocycles. The third kappa shape index (κ3) is 4.14. The lowest BCUT2D eigenvalue weighted by molar-refractivity contribution is 0.249. The lowest BCUT2D eigenvalue weighted by Gasteiger charge is -2.13. The molecule has 0 saturated heterocycles. The van der Waals surface area contributed by atoms with Crippen LogP contribution >= 0.6 is 11.6 Å². The molecule has 0 unspecified atom stereocenters. The molecular weight excluding hydrogens is 306 g/mol. The van der Waals surface area contributed by atoms with E-state index in [1.54, 1.807) is 18.2 Å². The first-order valence-corrected chi connectivity index (χ1v) is 7.42. The topological polar surface area (TPSA) is 76.4 Å². The largest absolute Gasteiger partial charge is 0.490 e. The number of hydrogen-bond acceptors (Lipinski definition) is 4. The molecule has 0 spiro atoms. The fraction of sp³-hybridized carbons (Fsp3) is 0.333. The maximum Gasteiger partial charge on any atom is 0.319 e. The molecule has 2 amide bonds. The smallest absolute Gasteiger partial charge is 0.319 e. The maximum absolute atomic E-state index is 11.9. The van der Waals surface area contributed by atoms with Crippen molar-refractivity contribution in [3.8, 4) is 5.75 Å². The number of rotatable bonds is 6. The van der Waals surface area contributed by atoms with Gasteiger partial charge in [-0.05, 0) is 25.5 Å². The molecule has 1 heterocycles. The number of ether oxygens (including phenoxy) is 1. The summed E-state index contributed by atoms with van der Waals surface area (Å²) in [5, 5.41) is 9.71. The minimum Gasteiger partial charge on any atom is -0.490 e. The number of anilines is 1. The van der Waals surface area contributed by atoms with Crippen LogP contribution in [0.4, 0.5) is 10.5 Å². The van der Waals surface area contributed by atoms with Crippen molar-refractivity contribution in [2.24, 2.45) is 0 Å². The molecule has 0 saturated carbocycles. The van der Waals surface area contributed by atoms with Gasteiger partial charge in [-0.2, -0.15) is 0 Å². The molecule has 2 aromatic rings. The number of aryl methyl sites for hydroxylation is 1. The van der Waals surface area contributed by atoms with Crippen LogP contribution < -0.4 is 15.4 Å². The summed E-state index contributed by atoms with van der Waals surface area (Å²) in [6, 6.07) is 6.60. The van der Waals surface area contributed by atoms with E-state index in [2.05, 4.69) is 15.8 Å². The van der Waals surface area contributed by atoms with Gasteiger partial charge in [-0.1, -0.05) is 29.7 Å². The first-order valence-electron chi connectivity index (χ1n) is 7.04. The molecule has 0 atom stereocenters. The minimum atomic E-state index is -0.377. The van der Waals surface area contributed by atoms with Crippen LogP contribution in [0.3, 0.4) is 0 Å². The quantitative estimate of drug-likeness (QED) is 0.851. The van der Waals surface area contributed by atoms with Gasteiger partial charge in [-0.25, -0.2) is 4.79 Å². The van der Waals surface area contributed by atoms with Gasteiger partial charge in [0, 0.05) is 6.07 Å². The van der Waals surface area contributed by atoms with E-state index in [9.17, 15) is 4.79 Å². The van der Waals surface area contributed by atoms with Gasteiger partial charge >= 0.3 is 6.03 Å². The number of nitrogens with one attached hydrogen (secondary N) is 2. The van der Waals surface area contributed by atoms with Crippen LogP contribution in [0.1, 0.15) is 25.3 Å². The van der Waals surface area contributed by atoms with E-state index >= 15 is 0 Å². The fourth-order valence-electron chi connectivity index (χ4n) is 1.84. The second-order valence-corrected chi connectivity index (χ2v) is 4.90. The molecule has 118 valence electrons. The predicted molar refractivity (Wildman–Crippen MR) is 84.4 cm³/mol. The molecule has 0 aliphatic carbocycles. The number of nitrogens with zero attached hydrogens (tertiary/aromatic N) is 1. The van der Waals surface area contributed by atoms with Crippen LogP contribution in [0.2, 0.25) is 5.02 Å². The Morgan fingerprint density at radius 1 is 1.41 bits per heavy atom. The van der Waals surface area contributed by atoms with E-state index in [1.807, 2.05) is 19.9 Å². The van der Waals surface area contributed by atoms with Crippen LogP contribution in [0, 0.1) is 0 Å². The molecule has 0 fully saturated rings. The highest BCUT2D eigenvalue weighted by molar-refractivity contribution is 6.32. The number of carbonyl (C=O) groups excluding carboxylic acids is 1. The summed E-state index contributed by atoms with van der Waals surface area (Å²) < 4.78 is 10.5. The summed E-state index contributed by atoms with van der Waals surface area (Å²) in [7, 11) is 0. The minimum absolute atomic E-state index is 0.253. The van der Waals surface area contributed by atoms with Gasteiger partial charge in [0.15, 0.2) is 11.5 Å². The third-order valence-electron chi connectivity index (χ3n) is 2.90. The Balaban J connectivity index is 1.95. The summed E-state index contributed by atoms with van der Waals surface area (Å²) in [4.78, 5) is 11.9. The zero-order chi connectivity index (χ0) is 15.9. The third-order valence-corrected chi connectivity index (χ3v) is 3.19. The Morgan fingerprint density at radius 3 is 2.91 bits per heavy atom. The Bertz CT molecular complexity index is 643. The second kappa shape index (κ2) is 7.70. The molecular formula is C15H18ClN3O3. The highest BCUT2D eigenvalue weighted by Crippen LogP contribution is 2.32. The van der Waals surface area contributed by atoms with Crippen molar-refractivity contribution >= 4 is 23.3 Å². The van der Waals surface area contributed by atoms with Crippen molar-refractivity contribution in [3.63, 3.8) is 0 Å². The van der Waals surface area contributed by atoms with Crippen LogP contribution in [-0.2, 0) is 13.0 Å². The number of amides is 2. The summed E-state index contributed by atoms with van der Waals surface area (Å²) in [6.07, 6.45) is 0.788. The van der Waals surface area contributed by atoms with Crippen molar-refractivity contribution in [2.45, 2.75) is 26.8 Å². The van der Waals surface area contributed by atoms with Gasteiger partial charge in [0.05, 0.1) is 29.6 Å². The summed E-state index contributed by atoms with van der Waals surface area (Å²) in [5.74, 6) is 1.05. The number of carbonyl (C=O) groups is 1. The normalized spacial score (nSPS) is 10.3. The molecule has 1 aromatic heterocycles. The number of halogens is 1. The molecule has 2 N–H and O–H groups in total. The average Bonchev–Trinajstić information content (AvgIpc) is 2.97. The zero-order valence-corrected chi connectivity index (χ0v) is 13.2. The van der Waals surface area contributed by atoms with Crippen LogP contribution in [-0.4, -0.2) is 17.8 Å². The van der Waals surface area contributed by atoms with Gasteiger partial charge < -0.3 is 19.9 Å². The first-order chi connectivity index (χ1) is 10.6. The van der Waals surface area contributed by atoms with Crippen molar-refractivity contribution in [1.82, 2.24) is 10.5 Å². The van der Waals surface area contributed by atoms with Crippen molar-refractivity contribution in [2.75, 3.05) is 11.9 Å². The van der Waals surface area contributed by atoms with E-state index in [0.717, 1.165) is 12.1 Å². The Labute approximate surface area is 133 Å². The number of benzene rings is 1. The zero-order valence-electron chi connectivity index (χ0n) is 12.5. The van der Waals surface area contributed by atoms with Crippen LogP contribution in [0.15, 0.2) is 28.8 Å². The van der Waals surface area contributed by atoms with Gasteiger partial charge in [-0.15, -0.1) is 0 Å². The molecule has 0 radical (unpaired) electrons. The highest BCUT2D eigenvalue weighted by Gasteiger charge is 2.11. The van der Waals surface area contributed by atoms with Crippen molar-refractivity contribution in [1.29, 1.82) is 0 Å². The van der Waals surface area contributed by atoms with E-state index in [-0.39, 0.29) is 12.6 Å². The molecule has 0 bridgehead atoms. The number of urea groups is 1. The molecule has 1 aromatic carbocycles. The summed E-state index contributed by atoms with van der Waals surface area (Å²) >= 11 is 6.06. The molecule has 0 aliphatic rings. The first kappa shape index (κ1) is 16.2. The van der Waals surface area contributed by atoms with E-state index in [4.69, 9.17) is 20.9 Å². The average molecular weight is 324 g/mol. The second-order valence-electron chi connectivity index (χ2n) is 4.50. The summed E-state index contributed by atoms with van der Waals surface area (Å²) in [5.41, 5.74) is 1.37. The summed E-state index contributed by atoms with van der Waals surface area (Å²) in [6.45, 7) is 4.54. The SMILES string of the molecule is CCOc1c(Cl)cccc1NC(=O)NCc1cc(CC)no1. The van der Waals surface area contributed by atoms with E-state index < -0.39 is 0 Å². The maximum atomic E-state index is 11.9. The highest BCUT2D eigenvalue weighted by atomic mass is 35.5. The van der Waals surface area contributed by atoms with Crippen LogP contribution in [0.5, 0.6) is 5.75 Å². The molecule has 22 heavy (non-hydrogen) atoms. The number of aromatic nitrogens is 1. The lowest BCUT2D eigenvalue weighted by Crippen LogP contribution is -2.28. The molecule has 6 nitrogen and oxygen atoms in total.